The lowest BCUT2D eigenvalue weighted by atomic mass is 10.2. The number of hydrogen-bond acceptors (Lipinski definition) is 2. The van der Waals surface area contributed by atoms with E-state index in [1.807, 2.05) is 0 Å². The van der Waals surface area contributed by atoms with Crippen molar-refractivity contribution in [3.8, 4) is 0 Å². The van der Waals surface area contributed by atoms with Crippen molar-refractivity contribution in [3.05, 3.63) is 59.9 Å². The topological polar surface area (TPSA) is 82.2 Å². The van der Waals surface area contributed by atoms with Gasteiger partial charge in [-0.05, 0) is 42.5 Å². The lowest BCUT2D eigenvalue weighted by Gasteiger charge is -2.18. The average molecular weight is 286 g/mol. The summed E-state index contributed by atoms with van der Waals surface area (Å²) in [7, 11) is 1.59. The van der Waals surface area contributed by atoms with Crippen molar-refractivity contribution in [1.82, 2.24) is 0 Å². The summed E-state index contributed by atoms with van der Waals surface area (Å²) in [5.74, 6) is -0.449. The third-order valence-electron chi connectivity index (χ3n) is 2.95. The van der Waals surface area contributed by atoms with Gasteiger partial charge in [0.25, 0.3) is 0 Å². The zero-order valence-electron chi connectivity index (χ0n) is 11.4. The fraction of sp³-hybridized carbons (Fsp3) is 0.0667. The first-order valence-electron chi connectivity index (χ1n) is 6.22. The molecule has 0 aliphatic heterocycles. The quantitative estimate of drug-likeness (QED) is 0.599. The van der Waals surface area contributed by atoms with Gasteiger partial charge in [0.2, 0.25) is 0 Å². The van der Waals surface area contributed by atoms with Crippen LogP contribution in [0.25, 0.3) is 0 Å². The van der Waals surface area contributed by atoms with Gasteiger partial charge in [-0.3, -0.25) is 10.3 Å². The maximum atomic E-state index is 13.1. The van der Waals surface area contributed by atoms with Crippen molar-refractivity contribution < 1.29 is 9.18 Å². The van der Waals surface area contributed by atoms with Crippen LogP contribution in [0.3, 0.4) is 0 Å². The smallest absolute Gasteiger partial charge is 0.326 e. The van der Waals surface area contributed by atoms with E-state index in [2.05, 4.69) is 5.32 Å². The second kappa shape index (κ2) is 6.04. The van der Waals surface area contributed by atoms with E-state index in [-0.39, 0.29) is 5.84 Å². The number of carbonyl (C=O) groups is 1. The maximum absolute atomic E-state index is 13.1. The second-order valence-electron chi connectivity index (χ2n) is 4.46. The van der Waals surface area contributed by atoms with Crippen molar-refractivity contribution in [2.24, 2.45) is 5.73 Å². The minimum absolute atomic E-state index is 0.0339. The lowest BCUT2D eigenvalue weighted by Crippen LogP contribution is -2.31. The molecule has 0 fully saturated rings. The van der Waals surface area contributed by atoms with Crippen molar-refractivity contribution in [2.45, 2.75) is 0 Å². The zero-order valence-corrected chi connectivity index (χ0v) is 11.4. The molecule has 0 saturated heterocycles. The first kappa shape index (κ1) is 14.5. The summed E-state index contributed by atoms with van der Waals surface area (Å²) in [6.45, 7) is 0. The Bertz CT molecular complexity index is 670. The molecular formula is C15H15FN4O. The van der Waals surface area contributed by atoms with Gasteiger partial charge in [0.1, 0.15) is 11.7 Å². The maximum Gasteiger partial charge on any atom is 0.326 e. The van der Waals surface area contributed by atoms with Gasteiger partial charge in [-0.1, -0.05) is 6.07 Å². The standard InChI is InChI=1S/C15H15FN4O/c1-20(13-7-5-10(6-8-13)14(17)18)15(21)19-12-4-2-3-11(16)9-12/h2-9H,1H3,(H3,17,18)(H,19,21). The molecular weight excluding hydrogens is 271 g/mol. The molecule has 2 rings (SSSR count). The lowest BCUT2D eigenvalue weighted by molar-refractivity contribution is 0.258. The van der Waals surface area contributed by atoms with Gasteiger partial charge in [-0.25, -0.2) is 9.18 Å². The van der Waals surface area contributed by atoms with Crippen LogP contribution in [-0.2, 0) is 0 Å². The normalized spacial score (nSPS) is 10.0. The van der Waals surface area contributed by atoms with Gasteiger partial charge >= 0.3 is 6.03 Å². The molecule has 0 heterocycles. The number of amidine groups is 1. The van der Waals surface area contributed by atoms with E-state index in [0.717, 1.165) is 0 Å². The Labute approximate surface area is 121 Å². The van der Waals surface area contributed by atoms with Crippen LogP contribution in [0.5, 0.6) is 0 Å². The highest BCUT2D eigenvalue weighted by Gasteiger charge is 2.11. The van der Waals surface area contributed by atoms with Crippen LogP contribution in [-0.4, -0.2) is 18.9 Å². The molecule has 0 aliphatic rings. The SMILES string of the molecule is CN(C(=O)Nc1cccc(F)c1)c1ccc(C(=N)N)cc1. The highest BCUT2D eigenvalue weighted by atomic mass is 19.1. The summed E-state index contributed by atoms with van der Waals surface area (Å²) in [6.07, 6.45) is 0. The van der Waals surface area contributed by atoms with E-state index >= 15 is 0 Å². The van der Waals surface area contributed by atoms with Gasteiger partial charge in [0.05, 0.1) is 0 Å². The minimum atomic E-state index is -0.415. The summed E-state index contributed by atoms with van der Waals surface area (Å²) in [5.41, 5.74) is 6.97. The number of carbonyl (C=O) groups excluding carboxylic acids is 1. The van der Waals surface area contributed by atoms with E-state index in [0.29, 0.717) is 16.9 Å². The van der Waals surface area contributed by atoms with Crippen LogP contribution in [0.15, 0.2) is 48.5 Å². The van der Waals surface area contributed by atoms with Crippen molar-refractivity contribution in [1.29, 1.82) is 5.41 Å². The molecule has 0 aliphatic carbocycles. The number of amides is 2. The highest BCUT2D eigenvalue weighted by Crippen LogP contribution is 2.16. The first-order valence-corrected chi connectivity index (χ1v) is 6.22. The molecule has 0 atom stereocenters. The van der Waals surface area contributed by atoms with E-state index in [4.69, 9.17) is 11.1 Å². The molecule has 4 N–H and O–H groups in total. The first-order chi connectivity index (χ1) is 9.97. The molecule has 2 aromatic rings. The molecule has 6 heteroatoms. The third-order valence-corrected chi connectivity index (χ3v) is 2.95. The molecule has 21 heavy (non-hydrogen) atoms. The number of rotatable bonds is 3. The Kier molecular flexibility index (Phi) is 4.18. The highest BCUT2D eigenvalue weighted by molar-refractivity contribution is 6.02. The molecule has 108 valence electrons. The number of nitrogens with one attached hydrogen (secondary N) is 2. The van der Waals surface area contributed by atoms with Gasteiger partial charge in [0, 0.05) is 24.0 Å². The van der Waals surface area contributed by atoms with E-state index in [9.17, 15) is 9.18 Å². The van der Waals surface area contributed by atoms with E-state index < -0.39 is 11.8 Å². The molecule has 0 bridgehead atoms. The zero-order chi connectivity index (χ0) is 15.4. The van der Waals surface area contributed by atoms with Crippen LogP contribution in [0.2, 0.25) is 0 Å². The van der Waals surface area contributed by atoms with E-state index in [1.165, 1.54) is 23.1 Å². The Hall–Kier alpha value is -2.89. The molecule has 0 unspecified atom stereocenters. The number of nitrogens with zero attached hydrogens (tertiary/aromatic N) is 1. The molecule has 0 spiro atoms. The van der Waals surface area contributed by atoms with Crippen LogP contribution >= 0.6 is 0 Å². The molecule has 0 aromatic heterocycles. The number of benzene rings is 2. The Morgan fingerprint density at radius 3 is 2.48 bits per heavy atom. The van der Waals surface area contributed by atoms with Gasteiger partial charge < -0.3 is 11.1 Å². The van der Waals surface area contributed by atoms with Gasteiger partial charge in [-0.15, -0.1) is 0 Å². The van der Waals surface area contributed by atoms with Gasteiger partial charge in [0.15, 0.2) is 0 Å². The fourth-order valence-corrected chi connectivity index (χ4v) is 1.76. The molecule has 5 nitrogen and oxygen atoms in total. The Balaban J connectivity index is 2.10. The number of urea groups is 1. The van der Waals surface area contributed by atoms with Crippen LogP contribution < -0.4 is 16.0 Å². The van der Waals surface area contributed by atoms with Crippen molar-refractivity contribution in [2.75, 3.05) is 17.3 Å². The monoisotopic (exact) mass is 286 g/mol. The predicted octanol–water partition coefficient (Wildman–Crippen LogP) is 2.78. The number of anilines is 2. The van der Waals surface area contributed by atoms with Crippen LogP contribution in [0, 0.1) is 11.2 Å². The summed E-state index contributed by atoms with van der Waals surface area (Å²) in [6, 6.07) is 12.0. The summed E-state index contributed by atoms with van der Waals surface area (Å²) in [5, 5.41) is 9.91. The van der Waals surface area contributed by atoms with Crippen molar-refractivity contribution >= 4 is 23.2 Å². The van der Waals surface area contributed by atoms with Crippen LogP contribution in [0.4, 0.5) is 20.6 Å². The van der Waals surface area contributed by atoms with Gasteiger partial charge in [-0.2, -0.15) is 0 Å². The predicted molar refractivity (Wildman–Crippen MR) is 81.3 cm³/mol. The number of hydrogen-bond donors (Lipinski definition) is 3. The average Bonchev–Trinajstić information content (AvgIpc) is 2.46. The molecule has 2 aromatic carbocycles. The minimum Gasteiger partial charge on any atom is -0.384 e. The molecule has 2 amide bonds. The number of nitrogens with two attached hydrogens (primary N) is 1. The van der Waals surface area contributed by atoms with E-state index in [1.54, 1.807) is 37.4 Å². The fourth-order valence-electron chi connectivity index (χ4n) is 1.76. The Morgan fingerprint density at radius 1 is 1.24 bits per heavy atom. The second-order valence-corrected chi connectivity index (χ2v) is 4.46. The summed E-state index contributed by atoms with van der Waals surface area (Å²) in [4.78, 5) is 13.5. The van der Waals surface area contributed by atoms with Crippen molar-refractivity contribution in [3.63, 3.8) is 0 Å². The van der Waals surface area contributed by atoms with Crippen LogP contribution in [0.1, 0.15) is 5.56 Å². The molecule has 0 saturated carbocycles. The Morgan fingerprint density at radius 2 is 1.90 bits per heavy atom. The summed E-state index contributed by atoms with van der Waals surface area (Å²) < 4.78 is 13.1. The third kappa shape index (κ3) is 3.56. The number of halogens is 1. The molecule has 0 radical (unpaired) electrons. The largest absolute Gasteiger partial charge is 0.384 e. The summed E-state index contributed by atoms with van der Waals surface area (Å²) >= 11 is 0. The number of nitrogen functional groups attached to an aromatic ring is 1.